The Morgan fingerprint density at radius 3 is 2.78 bits per heavy atom. The number of carbonyl (C=O) groups excluding carboxylic acids is 1. The van der Waals surface area contributed by atoms with E-state index in [9.17, 15) is 9.59 Å². The minimum atomic E-state index is -1.09. The van der Waals surface area contributed by atoms with Crippen molar-refractivity contribution in [3.05, 3.63) is 29.6 Å². The molecule has 6 heteroatoms. The van der Waals surface area contributed by atoms with Crippen LogP contribution in [-0.2, 0) is 0 Å². The highest BCUT2D eigenvalue weighted by Crippen LogP contribution is 2.07. The number of carbonyl (C=O) groups is 2. The largest absolute Gasteiger partial charge is 0.477 e. The fourth-order valence-electron chi connectivity index (χ4n) is 1.88. The fraction of sp³-hybridized carbons (Fsp3) is 0.417. The van der Waals surface area contributed by atoms with Crippen LogP contribution in [0.25, 0.3) is 0 Å². The Bertz CT molecular complexity index is 436. The van der Waals surface area contributed by atoms with Gasteiger partial charge >= 0.3 is 5.97 Å². The van der Waals surface area contributed by atoms with E-state index < -0.39 is 5.97 Å². The first-order valence-corrected chi connectivity index (χ1v) is 5.88. The molecule has 2 heterocycles. The Kier molecular flexibility index (Phi) is 3.88. The molecule has 1 aromatic rings. The molecule has 0 aromatic carbocycles. The first kappa shape index (κ1) is 12.5. The minimum Gasteiger partial charge on any atom is -0.477 e. The standard InChI is InChI=1S/C12H15N3O3/c16-11(15-6-1-4-13-5-7-15)9-2-3-10(12(17)18)14-8-9/h2-3,8,13H,1,4-7H2,(H,17,18). The maximum atomic E-state index is 12.1. The van der Waals surface area contributed by atoms with Gasteiger partial charge in [-0.05, 0) is 25.1 Å². The van der Waals surface area contributed by atoms with Gasteiger partial charge in [-0.15, -0.1) is 0 Å². The Morgan fingerprint density at radius 1 is 1.28 bits per heavy atom. The molecule has 1 amide bonds. The maximum absolute atomic E-state index is 12.1. The molecule has 96 valence electrons. The van der Waals surface area contributed by atoms with Crippen molar-refractivity contribution < 1.29 is 14.7 Å². The predicted molar refractivity (Wildman–Crippen MR) is 64.6 cm³/mol. The van der Waals surface area contributed by atoms with Crippen molar-refractivity contribution in [3.63, 3.8) is 0 Å². The molecular weight excluding hydrogens is 234 g/mol. The van der Waals surface area contributed by atoms with Crippen LogP contribution in [0.4, 0.5) is 0 Å². The van der Waals surface area contributed by atoms with Crippen molar-refractivity contribution in [2.24, 2.45) is 0 Å². The summed E-state index contributed by atoms with van der Waals surface area (Å²) in [5.74, 6) is -1.18. The van der Waals surface area contributed by atoms with Crippen molar-refractivity contribution in [2.75, 3.05) is 26.2 Å². The molecule has 1 aliphatic rings. The maximum Gasteiger partial charge on any atom is 0.354 e. The smallest absolute Gasteiger partial charge is 0.354 e. The lowest BCUT2D eigenvalue weighted by Gasteiger charge is -2.19. The molecule has 0 aliphatic carbocycles. The zero-order valence-corrected chi connectivity index (χ0v) is 9.93. The fourth-order valence-corrected chi connectivity index (χ4v) is 1.88. The second kappa shape index (κ2) is 5.59. The van der Waals surface area contributed by atoms with Gasteiger partial charge in [-0.1, -0.05) is 0 Å². The molecule has 0 saturated carbocycles. The molecule has 18 heavy (non-hydrogen) atoms. The molecule has 0 spiro atoms. The number of aromatic carboxylic acids is 1. The number of carboxylic acid groups (broad SMARTS) is 1. The molecule has 2 rings (SSSR count). The van der Waals surface area contributed by atoms with Gasteiger partial charge in [0.15, 0.2) is 0 Å². The van der Waals surface area contributed by atoms with Crippen molar-refractivity contribution in [1.82, 2.24) is 15.2 Å². The highest BCUT2D eigenvalue weighted by Gasteiger charge is 2.17. The highest BCUT2D eigenvalue weighted by molar-refractivity contribution is 5.94. The molecule has 0 atom stereocenters. The van der Waals surface area contributed by atoms with Crippen molar-refractivity contribution in [2.45, 2.75) is 6.42 Å². The molecule has 2 N–H and O–H groups in total. The predicted octanol–water partition coefficient (Wildman–Crippen LogP) is 0.215. The summed E-state index contributed by atoms with van der Waals surface area (Å²) in [6.07, 6.45) is 2.25. The monoisotopic (exact) mass is 249 g/mol. The lowest BCUT2D eigenvalue weighted by molar-refractivity contribution is 0.0687. The molecule has 0 bridgehead atoms. The summed E-state index contributed by atoms with van der Waals surface area (Å²) in [5, 5.41) is 12.0. The van der Waals surface area contributed by atoms with Gasteiger partial charge in [-0.2, -0.15) is 0 Å². The SMILES string of the molecule is O=C(O)c1ccc(C(=O)N2CCCNCC2)cn1. The lowest BCUT2D eigenvalue weighted by Crippen LogP contribution is -2.34. The van der Waals surface area contributed by atoms with Gasteiger partial charge in [0.1, 0.15) is 5.69 Å². The molecule has 1 saturated heterocycles. The molecule has 0 radical (unpaired) electrons. The van der Waals surface area contributed by atoms with Gasteiger partial charge in [-0.3, -0.25) is 4.79 Å². The quantitative estimate of drug-likeness (QED) is 0.783. The number of pyridine rings is 1. The summed E-state index contributed by atoms with van der Waals surface area (Å²) in [7, 11) is 0. The summed E-state index contributed by atoms with van der Waals surface area (Å²) >= 11 is 0. The molecule has 0 unspecified atom stereocenters. The van der Waals surface area contributed by atoms with Gasteiger partial charge in [0.05, 0.1) is 5.56 Å². The minimum absolute atomic E-state index is 0.0518. The summed E-state index contributed by atoms with van der Waals surface area (Å²) in [6, 6.07) is 2.86. The van der Waals surface area contributed by atoms with Gasteiger partial charge < -0.3 is 15.3 Å². The Hall–Kier alpha value is -1.95. The van der Waals surface area contributed by atoms with Crippen LogP contribution in [0.1, 0.15) is 27.3 Å². The lowest BCUT2D eigenvalue weighted by atomic mass is 10.2. The third-order valence-electron chi connectivity index (χ3n) is 2.86. The number of nitrogens with zero attached hydrogens (tertiary/aromatic N) is 2. The average Bonchev–Trinajstić information content (AvgIpc) is 2.67. The van der Waals surface area contributed by atoms with Crippen LogP contribution in [0.15, 0.2) is 18.3 Å². The molecule has 6 nitrogen and oxygen atoms in total. The zero-order valence-electron chi connectivity index (χ0n) is 9.93. The van der Waals surface area contributed by atoms with Crippen molar-refractivity contribution in [1.29, 1.82) is 0 Å². The first-order chi connectivity index (χ1) is 8.68. The van der Waals surface area contributed by atoms with Crippen LogP contribution >= 0.6 is 0 Å². The zero-order chi connectivity index (χ0) is 13.0. The third-order valence-corrected chi connectivity index (χ3v) is 2.86. The van der Waals surface area contributed by atoms with E-state index in [1.807, 2.05) is 0 Å². The Balaban J connectivity index is 2.10. The van der Waals surface area contributed by atoms with Crippen LogP contribution in [0, 0.1) is 0 Å². The number of nitrogens with one attached hydrogen (secondary N) is 1. The van der Waals surface area contributed by atoms with Crippen molar-refractivity contribution >= 4 is 11.9 Å². The third kappa shape index (κ3) is 2.84. The van der Waals surface area contributed by atoms with Crippen LogP contribution in [0.3, 0.4) is 0 Å². The van der Waals surface area contributed by atoms with E-state index in [2.05, 4.69) is 10.3 Å². The first-order valence-electron chi connectivity index (χ1n) is 5.88. The second-order valence-corrected chi connectivity index (χ2v) is 4.13. The molecule has 1 aromatic heterocycles. The Morgan fingerprint density at radius 2 is 2.11 bits per heavy atom. The molecule has 1 fully saturated rings. The number of carboxylic acids is 1. The normalized spacial score (nSPS) is 16.1. The summed E-state index contributed by atoms with van der Waals surface area (Å²) in [5.41, 5.74) is 0.381. The molecule has 1 aliphatic heterocycles. The second-order valence-electron chi connectivity index (χ2n) is 4.13. The number of rotatable bonds is 2. The topological polar surface area (TPSA) is 82.5 Å². The van der Waals surface area contributed by atoms with Gasteiger partial charge in [-0.25, -0.2) is 9.78 Å². The molecular formula is C12H15N3O3. The number of amides is 1. The van der Waals surface area contributed by atoms with E-state index >= 15 is 0 Å². The summed E-state index contributed by atoms with van der Waals surface area (Å²) in [4.78, 5) is 28.3. The van der Waals surface area contributed by atoms with Crippen LogP contribution < -0.4 is 5.32 Å². The van der Waals surface area contributed by atoms with E-state index in [-0.39, 0.29) is 11.6 Å². The van der Waals surface area contributed by atoms with Crippen LogP contribution in [0.2, 0.25) is 0 Å². The number of aromatic nitrogens is 1. The average molecular weight is 249 g/mol. The van der Waals surface area contributed by atoms with Gasteiger partial charge in [0, 0.05) is 25.8 Å². The van der Waals surface area contributed by atoms with Crippen LogP contribution in [-0.4, -0.2) is 53.0 Å². The van der Waals surface area contributed by atoms with E-state index in [4.69, 9.17) is 5.11 Å². The summed E-state index contributed by atoms with van der Waals surface area (Å²) in [6.45, 7) is 3.08. The van der Waals surface area contributed by atoms with E-state index in [1.165, 1.54) is 18.3 Å². The summed E-state index contributed by atoms with van der Waals surface area (Å²) < 4.78 is 0. The van der Waals surface area contributed by atoms with E-state index in [0.29, 0.717) is 18.7 Å². The number of hydrogen-bond donors (Lipinski definition) is 2. The van der Waals surface area contributed by atoms with E-state index in [1.54, 1.807) is 4.90 Å². The van der Waals surface area contributed by atoms with Crippen LogP contribution in [0.5, 0.6) is 0 Å². The highest BCUT2D eigenvalue weighted by atomic mass is 16.4. The Labute approximate surface area is 105 Å². The number of hydrogen-bond acceptors (Lipinski definition) is 4. The van der Waals surface area contributed by atoms with Gasteiger partial charge in [0.2, 0.25) is 0 Å². The van der Waals surface area contributed by atoms with Gasteiger partial charge in [0.25, 0.3) is 5.91 Å². The van der Waals surface area contributed by atoms with E-state index in [0.717, 1.165) is 19.5 Å². The van der Waals surface area contributed by atoms with Crippen molar-refractivity contribution in [3.8, 4) is 0 Å².